The van der Waals surface area contributed by atoms with Crippen LogP contribution >= 0.6 is 11.6 Å². The molecule has 5 nitrogen and oxygen atoms in total. The molecule has 0 spiro atoms. The van der Waals surface area contributed by atoms with Gasteiger partial charge in [0.1, 0.15) is 5.75 Å². The molecule has 0 aliphatic carbocycles. The maximum atomic E-state index is 12.2. The molecule has 0 saturated heterocycles. The molecule has 2 rings (SSSR count). The second-order valence-corrected chi connectivity index (χ2v) is 7.72. The van der Waals surface area contributed by atoms with Gasteiger partial charge in [-0.25, -0.2) is 8.42 Å². The predicted molar refractivity (Wildman–Crippen MR) is 92.2 cm³/mol. The fourth-order valence-corrected chi connectivity index (χ4v) is 3.55. The van der Waals surface area contributed by atoms with E-state index in [-0.39, 0.29) is 18.1 Å². The van der Waals surface area contributed by atoms with Gasteiger partial charge in [-0.3, -0.25) is 0 Å². The third kappa shape index (κ3) is 5.49. The zero-order valence-corrected chi connectivity index (χ0v) is 14.8. The number of ether oxygens (including phenoxy) is 2. The van der Waals surface area contributed by atoms with Crippen LogP contribution in [0.2, 0.25) is 5.02 Å². The first kappa shape index (κ1) is 18.7. The lowest BCUT2D eigenvalue weighted by molar-refractivity contribution is 0.0390. The van der Waals surface area contributed by atoms with Gasteiger partial charge in [-0.05, 0) is 42.0 Å². The van der Waals surface area contributed by atoms with Gasteiger partial charge >= 0.3 is 0 Å². The maximum absolute atomic E-state index is 12.2. The summed E-state index contributed by atoms with van der Waals surface area (Å²) in [6.45, 7) is 0.209. The summed E-state index contributed by atoms with van der Waals surface area (Å²) >= 11 is 5.74. The Morgan fingerprint density at radius 3 is 2.29 bits per heavy atom. The first-order valence-corrected chi connectivity index (χ1v) is 9.31. The summed E-state index contributed by atoms with van der Waals surface area (Å²) in [5.41, 5.74) is 0.906. The normalized spacial score (nSPS) is 12.8. The number of aliphatic hydroxyl groups excluding tert-OH is 1. The first-order chi connectivity index (χ1) is 11.4. The van der Waals surface area contributed by atoms with Crippen molar-refractivity contribution in [1.82, 2.24) is 0 Å². The molecule has 2 aromatic carbocycles. The van der Waals surface area contributed by atoms with Gasteiger partial charge in [0.15, 0.2) is 9.84 Å². The molecule has 7 heteroatoms. The largest absolute Gasteiger partial charge is 0.497 e. The van der Waals surface area contributed by atoms with Crippen molar-refractivity contribution in [3.05, 3.63) is 59.1 Å². The molecule has 0 aliphatic rings. The van der Waals surface area contributed by atoms with E-state index in [9.17, 15) is 13.5 Å². The van der Waals surface area contributed by atoms with Crippen LogP contribution in [0.25, 0.3) is 0 Å². The SMILES string of the molecule is COc1ccc(COC[C@@H](O)CS(=O)(=O)c2ccc(Cl)cc2)cc1. The number of aliphatic hydroxyl groups is 1. The highest BCUT2D eigenvalue weighted by atomic mass is 35.5. The summed E-state index contributed by atoms with van der Waals surface area (Å²) in [4.78, 5) is 0.126. The van der Waals surface area contributed by atoms with Gasteiger partial charge in [0.25, 0.3) is 0 Å². The fourth-order valence-electron chi connectivity index (χ4n) is 2.07. The number of sulfone groups is 1. The van der Waals surface area contributed by atoms with Crippen molar-refractivity contribution >= 4 is 21.4 Å². The van der Waals surface area contributed by atoms with E-state index in [1.165, 1.54) is 24.3 Å². The average molecular weight is 371 g/mol. The van der Waals surface area contributed by atoms with Gasteiger partial charge in [-0.2, -0.15) is 0 Å². The van der Waals surface area contributed by atoms with Gasteiger partial charge < -0.3 is 14.6 Å². The number of methoxy groups -OCH3 is 1. The Hall–Kier alpha value is -1.60. The number of halogens is 1. The van der Waals surface area contributed by atoms with E-state index in [1.807, 2.05) is 12.1 Å². The van der Waals surface area contributed by atoms with Gasteiger partial charge in [0.2, 0.25) is 0 Å². The molecule has 130 valence electrons. The van der Waals surface area contributed by atoms with Crippen LogP contribution in [-0.4, -0.2) is 39.1 Å². The van der Waals surface area contributed by atoms with Crippen LogP contribution in [0.5, 0.6) is 5.75 Å². The second-order valence-electron chi connectivity index (χ2n) is 5.25. The topological polar surface area (TPSA) is 72.8 Å². The van der Waals surface area contributed by atoms with Crippen LogP contribution in [-0.2, 0) is 21.2 Å². The molecule has 0 saturated carbocycles. The minimum Gasteiger partial charge on any atom is -0.497 e. The Bertz CT molecular complexity index is 742. The van der Waals surface area contributed by atoms with Crippen LogP contribution in [0.3, 0.4) is 0 Å². The molecular weight excluding hydrogens is 352 g/mol. The Morgan fingerprint density at radius 1 is 1.08 bits per heavy atom. The van der Waals surface area contributed by atoms with Crippen molar-refractivity contribution in [2.45, 2.75) is 17.6 Å². The maximum Gasteiger partial charge on any atom is 0.181 e. The molecular formula is C17H19ClO5S. The minimum atomic E-state index is -3.59. The molecule has 0 amide bonds. The Balaban J connectivity index is 1.83. The third-order valence-corrected chi connectivity index (χ3v) is 5.39. The molecule has 0 unspecified atom stereocenters. The van der Waals surface area contributed by atoms with Crippen molar-refractivity contribution in [2.24, 2.45) is 0 Å². The molecule has 24 heavy (non-hydrogen) atoms. The standard InChI is InChI=1S/C17H19ClO5S/c1-22-16-6-2-13(3-7-16)10-23-11-15(19)12-24(20,21)17-8-4-14(18)5-9-17/h2-9,15,19H,10-12H2,1H3/t15-/m1/s1. The third-order valence-electron chi connectivity index (χ3n) is 3.32. The summed E-state index contributed by atoms with van der Waals surface area (Å²) in [6.07, 6.45) is -1.11. The van der Waals surface area contributed by atoms with Gasteiger partial charge in [-0.15, -0.1) is 0 Å². The van der Waals surface area contributed by atoms with Crippen LogP contribution in [0.15, 0.2) is 53.4 Å². The summed E-state index contributed by atoms with van der Waals surface area (Å²) in [7, 11) is -2.00. The summed E-state index contributed by atoms with van der Waals surface area (Å²) in [6, 6.07) is 13.1. The van der Waals surface area contributed by atoms with E-state index < -0.39 is 21.7 Å². The van der Waals surface area contributed by atoms with Crippen molar-refractivity contribution in [2.75, 3.05) is 19.5 Å². The zero-order valence-electron chi connectivity index (χ0n) is 13.2. The number of rotatable bonds is 8. The van der Waals surface area contributed by atoms with Gasteiger partial charge in [-0.1, -0.05) is 23.7 Å². The van der Waals surface area contributed by atoms with E-state index in [0.29, 0.717) is 5.02 Å². The molecule has 0 bridgehead atoms. The van der Waals surface area contributed by atoms with Crippen molar-refractivity contribution in [1.29, 1.82) is 0 Å². The lowest BCUT2D eigenvalue weighted by Gasteiger charge is -2.12. The summed E-state index contributed by atoms with van der Waals surface area (Å²) < 4.78 is 34.8. The highest BCUT2D eigenvalue weighted by Gasteiger charge is 2.19. The second kappa shape index (κ2) is 8.48. The van der Waals surface area contributed by atoms with Gasteiger partial charge in [0.05, 0.1) is 37.1 Å². The van der Waals surface area contributed by atoms with Crippen LogP contribution in [0, 0.1) is 0 Å². The Labute approximate surface area is 146 Å². The molecule has 0 heterocycles. The molecule has 1 N–H and O–H groups in total. The number of hydrogen-bond donors (Lipinski definition) is 1. The molecule has 0 fully saturated rings. The minimum absolute atomic E-state index is 0.0706. The average Bonchev–Trinajstić information content (AvgIpc) is 2.55. The van der Waals surface area contributed by atoms with E-state index in [0.717, 1.165) is 11.3 Å². The van der Waals surface area contributed by atoms with Crippen molar-refractivity contribution in [3.63, 3.8) is 0 Å². The van der Waals surface area contributed by atoms with E-state index >= 15 is 0 Å². The fraction of sp³-hybridized carbons (Fsp3) is 0.294. The summed E-state index contributed by atoms with van der Waals surface area (Å²) in [5.74, 6) is 0.338. The van der Waals surface area contributed by atoms with Crippen molar-refractivity contribution < 1.29 is 23.0 Å². The molecule has 1 atom stereocenters. The van der Waals surface area contributed by atoms with Crippen LogP contribution < -0.4 is 4.74 Å². The number of hydrogen-bond acceptors (Lipinski definition) is 5. The van der Waals surface area contributed by atoms with Crippen molar-refractivity contribution in [3.8, 4) is 5.75 Å². The Morgan fingerprint density at radius 2 is 1.71 bits per heavy atom. The van der Waals surface area contributed by atoms with Crippen LogP contribution in [0.4, 0.5) is 0 Å². The monoisotopic (exact) mass is 370 g/mol. The highest BCUT2D eigenvalue weighted by Crippen LogP contribution is 2.16. The predicted octanol–water partition coefficient (Wildman–Crippen LogP) is 2.70. The van der Waals surface area contributed by atoms with E-state index in [4.69, 9.17) is 21.1 Å². The quantitative estimate of drug-likeness (QED) is 0.773. The van der Waals surface area contributed by atoms with Gasteiger partial charge in [0, 0.05) is 5.02 Å². The zero-order chi connectivity index (χ0) is 17.6. The molecule has 0 aromatic heterocycles. The van der Waals surface area contributed by atoms with E-state index in [1.54, 1.807) is 19.2 Å². The summed E-state index contributed by atoms with van der Waals surface area (Å²) in [5, 5.41) is 10.4. The smallest absolute Gasteiger partial charge is 0.181 e. The van der Waals surface area contributed by atoms with E-state index in [2.05, 4.69) is 0 Å². The molecule has 2 aromatic rings. The first-order valence-electron chi connectivity index (χ1n) is 7.28. The lowest BCUT2D eigenvalue weighted by atomic mass is 10.2. The number of benzene rings is 2. The lowest BCUT2D eigenvalue weighted by Crippen LogP contribution is -2.25. The molecule has 0 radical (unpaired) electrons. The highest BCUT2D eigenvalue weighted by molar-refractivity contribution is 7.91. The Kier molecular flexibility index (Phi) is 6.62. The molecule has 0 aliphatic heterocycles. The van der Waals surface area contributed by atoms with Crippen LogP contribution in [0.1, 0.15) is 5.56 Å².